The minimum atomic E-state index is -3.85. The van der Waals surface area contributed by atoms with Crippen molar-refractivity contribution in [3.63, 3.8) is 0 Å². The molecule has 0 radical (unpaired) electrons. The Bertz CT molecular complexity index is 1250. The van der Waals surface area contributed by atoms with E-state index in [0.717, 1.165) is 28.8 Å². The zero-order valence-corrected chi connectivity index (χ0v) is 24.1. The molecule has 0 aliphatic carbocycles. The van der Waals surface area contributed by atoms with E-state index in [9.17, 15) is 26.8 Å². The van der Waals surface area contributed by atoms with Crippen LogP contribution in [0.4, 0.5) is 14.5 Å². The fraction of sp³-hybridized carbons (Fsp3) is 0.462. The molecule has 2 rings (SSSR count). The molecule has 0 heterocycles. The first kappa shape index (κ1) is 31.8. The molecule has 0 saturated carbocycles. The quantitative estimate of drug-likeness (QED) is 0.331. The molecule has 0 aliphatic heterocycles. The molecule has 7 nitrogen and oxygen atoms in total. The van der Waals surface area contributed by atoms with Gasteiger partial charge in [-0.3, -0.25) is 13.9 Å². The van der Waals surface area contributed by atoms with Gasteiger partial charge < -0.3 is 10.2 Å². The van der Waals surface area contributed by atoms with Crippen molar-refractivity contribution in [2.24, 2.45) is 0 Å². The van der Waals surface area contributed by atoms with E-state index >= 15 is 0 Å². The zero-order chi connectivity index (χ0) is 28.6. The van der Waals surface area contributed by atoms with Gasteiger partial charge in [-0.05, 0) is 56.0 Å². The first-order valence-electron chi connectivity index (χ1n) is 12.2. The van der Waals surface area contributed by atoms with E-state index in [1.807, 2.05) is 13.8 Å². The summed E-state index contributed by atoms with van der Waals surface area (Å²) in [5.41, 5.74) is 0.543. The van der Waals surface area contributed by atoms with E-state index in [-0.39, 0.29) is 49.5 Å². The Morgan fingerprint density at radius 2 is 1.71 bits per heavy atom. The average Bonchev–Trinajstić information content (AvgIpc) is 2.83. The van der Waals surface area contributed by atoms with Crippen LogP contribution in [0.1, 0.15) is 52.0 Å². The number of amides is 2. The molecular formula is C26H33Cl2F2N3O4S. The Morgan fingerprint density at radius 3 is 2.26 bits per heavy atom. The van der Waals surface area contributed by atoms with Crippen LogP contribution in [0.15, 0.2) is 36.4 Å². The van der Waals surface area contributed by atoms with Crippen LogP contribution >= 0.6 is 23.2 Å². The second-order valence-electron chi connectivity index (χ2n) is 9.04. The molecule has 0 spiro atoms. The fourth-order valence-corrected chi connectivity index (χ4v) is 5.26. The van der Waals surface area contributed by atoms with Gasteiger partial charge in [-0.1, -0.05) is 43.1 Å². The van der Waals surface area contributed by atoms with Gasteiger partial charge in [0, 0.05) is 41.7 Å². The van der Waals surface area contributed by atoms with Crippen LogP contribution in [0.5, 0.6) is 0 Å². The molecule has 2 atom stereocenters. The number of rotatable bonds is 13. The SMILES string of the molecule is CC[C@H](C)NC(=O)[C@H](CC)N(Cc1ccc(Cl)cc1Cl)C(=O)CCCN(c1ccc(F)c(F)c1)S(C)(=O)=O. The lowest BCUT2D eigenvalue weighted by Crippen LogP contribution is -2.50. The second-order valence-corrected chi connectivity index (χ2v) is 11.8. The van der Waals surface area contributed by atoms with Crippen LogP contribution in [0.25, 0.3) is 0 Å². The Labute approximate surface area is 233 Å². The predicted octanol–water partition coefficient (Wildman–Crippen LogP) is 5.54. The highest BCUT2D eigenvalue weighted by atomic mass is 35.5. The number of anilines is 1. The lowest BCUT2D eigenvalue weighted by Gasteiger charge is -2.32. The minimum absolute atomic E-state index is 0.0419. The first-order valence-corrected chi connectivity index (χ1v) is 14.8. The molecule has 0 saturated heterocycles. The number of hydrogen-bond donors (Lipinski definition) is 1. The summed E-state index contributed by atoms with van der Waals surface area (Å²) in [6.07, 6.45) is 1.96. The Balaban J connectivity index is 2.28. The molecule has 0 aromatic heterocycles. The van der Waals surface area contributed by atoms with Gasteiger partial charge in [0.05, 0.1) is 11.9 Å². The number of carbonyl (C=O) groups is 2. The number of halogens is 4. The molecule has 2 aromatic rings. The molecule has 12 heteroatoms. The minimum Gasteiger partial charge on any atom is -0.352 e. The topological polar surface area (TPSA) is 86.8 Å². The van der Waals surface area contributed by atoms with Crippen LogP contribution in [0, 0.1) is 11.6 Å². The summed E-state index contributed by atoms with van der Waals surface area (Å²) in [6, 6.07) is 6.77. The third-order valence-electron chi connectivity index (χ3n) is 6.09. The zero-order valence-electron chi connectivity index (χ0n) is 21.8. The molecule has 1 N–H and O–H groups in total. The van der Waals surface area contributed by atoms with Gasteiger partial charge in [-0.15, -0.1) is 0 Å². The molecule has 0 fully saturated rings. The van der Waals surface area contributed by atoms with E-state index in [0.29, 0.717) is 28.5 Å². The van der Waals surface area contributed by atoms with Crippen LogP contribution in [-0.2, 0) is 26.2 Å². The maximum absolute atomic E-state index is 13.8. The van der Waals surface area contributed by atoms with Crippen molar-refractivity contribution in [2.75, 3.05) is 17.1 Å². The number of nitrogens with one attached hydrogen (secondary N) is 1. The highest BCUT2D eigenvalue weighted by Gasteiger charge is 2.30. The lowest BCUT2D eigenvalue weighted by molar-refractivity contribution is -0.141. The van der Waals surface area contributed by atoms with Crippen molar-refractivity contribution < 1.29 is 26.8 Å². The van der Waals surface area contributed by atoms with Gasteiger partial charge >= 0.3 is 0 Å². The summed E-state index contributed by atoms with van der Waals surface area (Å²) in [5, 5.41) is 3.68. The maximum atomic E-state index is 13.8. The van der Waals surface area contributed by atoms with Crippen molar-refractivity contribution in [1.29, 1.82) is 0 Å². The van der Waals surface area contributed by atoms with Crippen LogP contribution in [0.3, 0.4) is 0 Å². The molecule has 2 aromatic carbocycles. The molecule has 38 heavy (non-hydrogen) atoms. The van der Waals surface area contributed by atoms with Crippen molar-refractivity contribution in [1.82, 2.24) is 10.2 Å². The first-order chi connectivity index (χ1) is 17.8. The summed E-state index contributed by atoms with van der Waals surface area (Å²) in [4.78, 5) is 27.9. The van der Waals surface area contributed by atoms with Gasteiger partial charge in [-0.25, -0.2) is 17.2 Å². The molecule has 2 amide bonds. The van der Waals surface area contributed by atoms with E-state index in [1.54, 1.807) is 25.1 Å². The van der Waals surface area contributed by atoms with Crippen molar-refractivity contribution in [3.05, 3.63) is 63.6 Å². The second kappa shape index (κ2) is 14.1. The highest BCUT2D eigenvalue weighted by Crippen LogP contribution is 2.25. The predicted molar refractivity (Wildman–Crippen MR) is 147 cm³/mol. The van der Waals surface area contributed by atoms with Gasteiger partial charge in [0.1, 0.15) is 6.04 Å². The fourth-order valence-electron chi connectivity index (χ4n) is 3.84. The van der Waals surface area contributed by atoms with Gasteiger partial charge in [0.25, 0.3) is 0 Å². The average molecular weight is 593 g/mol. The van der Waals surface area contributed by atoms with Crippen molar-refractivity contribution in [2.45, 2.75) is 65.1 Å². The summed E-state index contributed by atoms with van der Waals surface area (Å²) < 4.78 is 52.7. The Kier molecular flexibility index (Phi) is 11.8. The summed E-state index contributed by atoms with van der Waals surface area (Å²) in [6.45, 7) is 5.48. The number of nitrogens with zero attached hydrogens (tertiary/aromatic N) is 2. The third-order valence-corrected chi connectivity index (χ3v) is 7.87. The van der Waals surface area contributed by atoms with E-state index < -0.39 is 27.7 Å². The van der Waals surface area contributed by atoms with Crippen LogP contribution in [0.2, 0.25) is 10.0 Å². The normalized spacial score (nSPS) is 13.1. The third kappa shape index (κ3) is 8.81. The summed E-state index contributed by atoms with van der Waals surface area (Å²) >= 11 is 12.4. The summed E-state index contributed by atoms with van der Waals surface area (Å²) in [7, 11) is -3.85. The largest absolute Gasteiger partial charge is 0.352 e. The molecule has 0 bridgehead atoms. The van der Waals surface area contributed by atoms with Crippen LogP contribution in [-0.4, -0.2) is 50.0 Å². The molecule has 0 unspecified atom stereocenters. The monoisotopic (exact) mass is 591 g/mol. The molecule has 210 valence electrons. The number of sulfonamides is 1. The van der Waals surface area contributed by atoms with E-state index in [4.69, 9.17) is 23.2 Å². The van der Waals surface area contributed by atoms with Gasteiger partial charge in [0.2, 0.25) is 21.8 Å². The number of carbonyl (C=O) groups excluding carboxylic acids is 2. The van der Waals surface area contributed by atoms with E-state index in [2.05, 4.69) is 5.32 Å². The standard InChI is InChI=1S/C26H33Cl2F2N3O4S/c1-5-17(3)31-26(35)24(6-2)32(16-18-9-10-19(27)14-21(18)28)25(34)8-7-13-33(38(4,36)37)20-11-12-22(29)23(30)15-20/h9-12,14-15,17,24H,5-8,13,16H2,1-4H3,(H,31,35)/t17-,24-/m0/s1. The maximum Gasteiger partial charge on any atom is 0.243 e. The summed E-state index contributed by atoms with van der Waals surface area (Å²) in [5.74, 6) is -2.98. The smallest absolute Gasteiger partial charge is 0.243 e. The van der Waals surface area contributed by atoms with E-state index in [1.165, 1.54) is 4.90 Å². The molecule has 0 aliphatic rings. The highest BCUT2D eigenvalue weighted by molar-refractivity contribution is 7.92. The van der Waals surface area contributed by atoms with Gasteiger partial charge in [0.15, 0.2) is 11.6 Å². The Hall–Kier alpha value is -2.43. The van der Waals surface area contributed by atoms with Crippen LogP contribution < -0.4 is 9.62 Å². The lowest BCUT2D eigenvalue weighted by atomic mass is 10.1. The molecular weight excluding hydrogens is 559 g/mol. The number of benzene rings is 2. The van der Waals surface area contributed by atoms with Crippen molar-refractivity contribution in [3.8, 4) is 0 Å². The Morgan fingerprint density at radius 1 is 1.03 bits per heavy atom. The number of hydrogen-bond acceptors (Lipinski definition) is 4. The van der Waals surface area contributed by atoms with Crippen molar-refractivity contribution >= 4 is 50.7 Å². The van der Waals surface area contributed by atoms with Gasteiger partial charge in [-0.2, -0.15) is 0 Å².